The highest BCUT2D eigenvalue weighted by Gasteiger charge is 2.35. The molecule has 0 saturated heterocycles. The van der Waals surface area contributed by atoms with Crippen LogP contribution in [0, 0.1) is 11.8 Å². The van der Waals surface area contributed by atoms with Crippen LogP contribution in [0.25, 0.3) is 0 Å². The minimum atomic E-state index is -0.907. The second-order valence-electron chi connectivity index (χ2n) is 6.20. The number of aliphatic carboxylic acids is 1. The van der Waals surface area contributed by atoms with Crippen molar-refractivity contribution < 1.29 is 19.5 Å². The van der Waals surface area contributed by atoms with Crippen LogP contribution in [0.4, 0.5) is 11.4 Å². The SMILES string of the molecule is CCCC(=O)Nc1cccc(NC(=O)[C@@H]2CCCC[C@@H]2C(=O)O)c1. The van der Waals surface area contributed by atoms with E-state index in [0.29, 0.717) is 30.6 Å². The Kier molecular flexibility index (Phi) is 6.35. The molecule has 0 bridgehead atoms. The average Bonchev–Trinajstić information content (AvgIpc) is 2.55. The molecule has 2 atom stereocenters. The van der Waals surface area contributed by atoms with Crippen molar-refractivity contribution in [2.75, 3.05) is 10.6 Å². The first-order valence-corrected chi connectivity index (χ1v) is 8.45. The minimum absolute atomic E-state index is 0.0702. The number of carboxylic acid groups (broad SMARTS) is 1. The quantitative estimate of drug-likeness (QED) is 0.745. The maximum atomic E-state index is 12.5. The summed E-state index contributed by atoms with van der Waals surface area (Å²) in [6.45, 7) is 1.93. The Labute approximate surface area is 141 Å². The van der Waals surface area contributed by atoms with E-state index in [4.69, 9.17) is 0 Å². The van der Waals surface area contributed by atoms with E-state index in [-0.39, 0.29) is 11.8 Å². The number of carbonyl (C=O) groups is 3. The molecule has 0 heterocycles. The van der Waals surface area contributed by atoms with E-state index >= 15 is 0 Å². The third-order valence-electron chi connectivity index (χ3n) is 4.31. The van der Waals surface area contributed by atoms with Gasteiger partial charge in [-0.1, -0.05) is 25.8 Å². The first-order chi connectivity index (χ1) is 11.5. The molecule has 0 spiro atoms. The van der Waals surface area contributed by atoms with E-state index in [1.165, 1.54) is 0 Å². The molecule has 6 nitrogen and oxygen atoms in total. The maximum Gasteiger partial charge on any atom is 0.307 e. The summed E-state index contributed by atoms with van der Waals surface area (Å²) in [4.78, 5) is 35.4. The number of benzene rings is 1. The molecule has 6 heteroatoms. The number of nitrogens with one attached hydrogen (secondary N) is 2. The van der Waals surface area contributed by atoms with Crippen molar-refractivity contribution in [1.82, 2.24) is 0 Å². The average molecular weight is 332 g/mol. The molecule has 0 radical (unpaired) electrons. The van der Waals surface area contributed by atoms with Crippen LogP contribution in [-0.2, 0) is 14.4 Å². The van der Waals surface area contributed by atoms with Crippen molar-refractivity contribution in [2.24, 2.45) is 11.8 Å². The minimum Gasteiger partial charge on any atom is -0.481 e. The van der Waals surface area contributed by atoms with Gasteiger partial charge in [-0.15, -0.1) is 0 Å². The molecule has 1 aliphatic rings. The molecule has 24 heavy (non-hydrogen) atoms. The van der Waals surface area contributed by atoms with Crippen LogP contribution >= 0.6 is 0 Å². The van der Waals surface area contributed by atoms with Crippen LogP contribution in [0.1, 0.15) is 45.4 Å². The number of amides is 2. The molecule has 2 amide bonds. The van der Waals surface area contributed by atoms with Crippen LogP contribution < -0.4 is 10.6 Å². The fourth-order valence-corrected chi connectivity index (χ4v) is 3.10. The van der Waals surface area contributed by atoms with Gasteiger partial charge in [0, 0.05) is 17.8 Å². The zero-order chi connectivity index (χ0) is 17.5. The lowest BCUT2D eigenvalue weighted by Gasteiger charge is -2.27. The number of hydrogen-bond donors (Lipinski definition) is 3. The Morgan fingerprint density at radius 1 is 1.08 bits per heavy atom. The monoisotopic (exact) mass is 332 g/mol. The van der Waals surface area contributed by atoms with Crippen molar-refractivity contribution in [3.05, 3.63) is 24.3 Å². The van der Waals surface area contributed by atoms with Gasteiger partial charge in [-0.05, 0) is 37.5 Å². The van der Waals surface area contributed by atoms with E-state index < -0.39 is 17.8 Å². The molecule has 0 unspecified atom stereocenters. The Morgan fingerprint density at radius 3 is 2.33 bits per heavy atom. The third kappa shape index (κ3) is 4.81. The van der Waals surface area contributed by atoms with Gasteiger partial charge in [-0.25, -0.2) is 0 Å². The molecule has 0 aliphatic heterocycles. The Morgan fingerprint density at radius 2 is 1.71 bits per heavy atom. The maximum absolute atomic E-state index is 12.5. The van der Waals surface area contributed by atoms with Crippen LogP contribution in [0.15, 0.2) is 24.3 Å². The molecular formula is C18H24N2O4. The Balaban J connectivity index is 2.03. The first-order valence-electron chi connectivity index (χ1n) is 8.45. The predicted octanol–water partition coefficient (Wildman–Crippen LogP) is 3.25. The summed E-state index contributed by atoms with van der Waals surface area (Å²) < 4.78 is 0. The second-order valence-corrected chi connectivity index (χ2v) is 6.20. The van der Waals surface area contributed by atoms with Gasteiger partial charge in [0.25, 0.3) is 0 Å². The van der Waals surface area contributed by atoms with E-state index in [1.54, 1.807) is 24.3 Å². The number of carbonyl (C=O) groups excluding carboxylic acids is 2. The van der Waals surface area contributed by atoms with Crippen LogP contribution in [0.3, 0.4) is 0 Å². The number of hydrogen-bond acceptors (Lipinski definition) is 3. The van der Waals surface area contributed by atoms with E-state index in [9.17, 15) is 19.5 Å². The zero-order valence-corrected chi connectivity index (χ0v) is 13.9. The van der Waals surface area contributed by atoms with Gasteiger partial charge >= 0.3 is 5.97 Å². The largest absolute Gasteiger partial charge is 0.481 e. The summed E-state index contributed by atoms with van der Waals surface area (Å²) in [5.41, 5.74) is 1.17. The molecule has 0 aromatic heterocycles. The molecule has 1 fully saturated rings. The zero-order valence-electron chi connectivity index (χ0n) is 13.9. The molecule has 130 valence electrons. The number of anilines is 2. The topological polar surface area (TPSA) is 95.5 Å². The fraction of sp³-hybridized carbons (Fsp3) is 0.500. The predicted molar refractivity (Wildman–Crippen MR) is 91.7 cm³/mol. The molecule has 1 aromatic rings. The number of rotatable bonds is 6. The second kappa shape index (κ2) is 8.47. The van der Waals surface area contributed by atoms with Gasteiger partial charge in [-0.3, -0.25) is 14.4 Å². The van der Waals surface area contributed by atoms with Crippen LogP contribution in [-0.4, -0.2) is 22.9 Å². The molecule has 2 rings (SSSR count). The standard InChI is InChI=1S/C18H24N2O4/c1-2-6-16(21)19-12-7-5-8-13(11-12)20-17(22)14-9-3-4-10-15(14)18(23)24/h5,7-8,11,14-15H,2-4,6,9-10H2,1H3,(H,19,21)(H,20,22)(H,23,24)/t14-,15+/m1/s1. The summed E-state index contributed by atoms with van der Waals surface area (Å²) in [5, 5.41) is 14.9. The molecule has 1 aliphatic carbocycles. The fourth-order valence-electron chi connectivity index (χ4n) is 3.10. The van der Waals surface area contributed by atoms with E-state index in [0.717, 1.165) is 19.3 Å². The lowest BCUT2D eigenvalue weighted by Crippen LogP contribution is -2.36. The molecule has 1 aromatic carbocycles. The smallest absolute Gasteiger partial charge is 0.307 e. The third-order valence-corrected chi connectivity index (χ3v) is 4.31. The van der Waals surface area contributed by atoms with E-state index in [2.05, 4.69) is 10.6 Å². The van der Waals surface area contributed by atoms with Crippen molar-refractivity contribution in [2.45, 2.75) is 45.4 Å². The summed E-state index contributed by atoms with van der Waals surface area (Å²) in [7, 11) is 0. The van der Waals surface area contributed by atoms with Gasteiger partial charge in [0.1, 0.15) is 0 Å². The first kappa shape index (κ1) is 18.0. The highest BCUT2D eigenvalue weighted by atomic mass is 16.4. The number of carboxylic acids is 1. The van der Waals surface area contributed by atoms with Crippen LogP contribution in [0.5, 0.6) is 0 Å². The van der Waals surface area contributed by atoms with Crippen LogP contribution in [0.2, 0.25) is 0 Å². The van der Waals surface area contributed by atoms with Gasteiger partial charge in [-0.2, -0.15) is 0 Å². The molecular weight excluding hydrogens is 308 g/mol. The lowest BCUT2D eigenvalue weighted by molar-refractivity contribution is -0.147. The Hall–Kier alpha value is -2.37. The summed E-state index contributed by atoms with van der Waals surface area (Å²) in [6, 6.07) is 6.91. The van der Waals surface area contributed by atoms with Crippen molar-refractivity contribution in [3.63, 3.8) is 0 Å². The lowest BCUT2D eigenvalue weighted by atomic mass is 9.78. The van der Waals surface area contributed by atoms with Gasteiger partial charge in [0.05, 0.1) is 11.8 Å². The normalized spacial score (nSPS) is 20.2. The highest BCUT2D eigenvalue weighted by molar-refractivity contribution is 5.96. The van der Waals surface area contributed by atoms with Crippen molar-refractivity contribution in [1.29, 1.82) is 0 Å². The summed E-state index contributed by atoms with van der Waals surface area (Å²) in [5.74, 6) is -2.37. The highest BCUT2D eigenvalue weighted by Crippen LogP contribution is 2.31. The van der Waals surface area contributed by atoms with Gasteiger partial charge in [0.2, 0.25) is 11.8 Å². The molecule has 1 saturated carbocycles. The summed E-state index contributed by atoms with van der Waals surface area (Å²) >= 11 is 0. The Bertz CT molecular complexity index is 615. The van der Waals surface area contributed by atoms with Gasteiger partial charge < -0.3 is 15.7 Å². The molecule has 3 N–H and O–H groups in total. The van der Waals surface area contributed by atoms with Crippen molar-refractivity contribution in [3.8, 4) is 0 Å². The van der Waals surface area contributed by atoms with Crippen molar-refractivity contribution >= 4 is 29.2 Å². The summed E-state index contributed by atoms with van der Waals surface area (Å²) in [6.07, 6.45) is 4.06. The van der Waals surface area contributed by atoms with E-state index in [1.807, 2.05) is 6.92 Å². The van der Waals surface area contributed by atoms with Gasteiger partial charge in [0.15, 0.2) is 0 Å².